The standard InChI is InChI=1S/C26H20BrN3O5/c1-16-6-5-7-18(12-16)28-23(31)15-35-22-11-10-17(14-21(22)27)13-20-24(32)29-26(34)30(25(20)33)19-8-3-2-4-9-19/h2-14H,15H2,1H3,(H,28,31)(H,29,32,34)/b20-13+. The minimum Gasteiger partial charge on any atom is -0.483 e. The Balaban J connectivity index is 1.47. The van der Waals surface area contributed by atoms with Crippen molar-refractivity contribution in [3.05, 3.63) is 94.0 Å². The number of anilines is 2. The van der Waals surface area contributed by atoms with Crippen LogP contribution in [0.3, 0.4) is 0 Å². The Morgan fingerprint density at radius 2 is 1.80 bits per heavy atom. The molecule has 0 atom stereocenters. The van der Waals surface area contributed by atoms with Gasteiger partial charge in [-0.05, 0) is 76.5 Å². The van der Waals surface area contributed by atoms with Crippen LogP contribution in [0.15, 0.2) is 82.8 Å². The third-order valence-electron chi connectivity index (χ3n) is 5.04. The van der Waals surface area contributed by atoms with Crippen LogP contribution in [0.1, 0.15) is 11.1 Å². The molecule has 1 heterocycles. The van der Waals surface area contributed by atoms with Crippen molar-refractivity contribution < 1.29 is 23.9 Å². The second kappa shape index (κ2) is 10.4. The molecule has 0 saturated carbocycles. The summed E-state index contributed by atoms with van der Waals surface area (Å²) in [5.74, 6) is -1.42. The van der Waals surface area contributed by atoms with Gasteiger partial charge in [0, 0.05) is 5.69 Å². The lowest BCUT2D eigenvalue weighted by molar-refractivity contribution is -0.122. The molecule has 9 heteroatoms. The average Bonchev–Trinajstić information content (AvgIpc) is 2.82. The molecule has 0 aliphatic carbocycles. The van der Waals surface area contributed by atoms with Crippen molar-refractivity contribution in [1.82, 2.24) is 5.32 Å². The first kappa shape index (κ1) is 23.9. The van der Waals surface area contributed by atoms with Crippen LogP contribution in [0, 0.1) is 6.92 Å². The van der Waals surface area contributed by atoms with E-state index < -0.39 is 17.8 Å². The van der Waals surface area contributed by atoms with Crippen molar-refractivity contribution in [3.63, 3.8) is 0 Å². The molecule has 0 radical (unpaired) electrons. The summed E-state index contributed by atoms with van der Waals surface area (Å²) in [5.41, 5.74) is 2.39. The van der Waals surface area contributed by atoms with E-state index >= 15 is 0 Å². The van der Waals surface area contributed by atoms with Crippen molar-refractivity contribution in [3.8, 4) is 5.75 Å². The van der Waals surface area contributed by atoms with Gasteiger partial charge in [-0.25, -0.2) is 9.69 Å². The van der Waals surface area contributed by atoms with Crippen LogP contribution >= 0.6 is 15.9 Å². The van der Waals surface area contributed by atoms with Crippen molar-refractivity contribution in [2.24, 2.45) is 0 Å². The van der Waals surface area contributed by atoms with E-state index in [1.54, 1.807) is 54.6 Å². The van der Waals surface area contributed by atoms with Crippen LogP contribution in [-0.4, -0.2) is 30.4 Å². The first-order valence-corrected chi connectivity index (χ1v) is 11.4. The molecule has 176 valence electrons. The number of para-hydroxylation sites is 1. The molecule has 3 aromatic carbocycles. The Morgan fingerprint density at radius 1 is 1.03 bits per heavy atom. The van der Waals surface area contributed by atoms with Gasteiger partial charge in [0.25, 0.3) is 17.7 Å². The summed E-state index contributed by atoms with van der Waals surface area (Å²) in [6.07, 6.45) is 1.39. The Labute approximate surface area is 209 Å². The number of urea groups is 1. The summed E-state index contributed by atoms with van der Waals surface area (Å²) in [4.78, 5) is 50.7. The van der Waals surface area contributed by atoms with E-state index in [1.807, 2.05) is 25.1 Å². The zero-order valence-electron chi connectivity index (χ0n) is 18.6. The average molecular weight is 534 g/mol. The number of carbonyl (C=O) groups is 4. The molecule has 1 aliphatic heterocycles. The van der Waals surface area contributed by atoms with Gasteiger partial charge in [0.2, 0.25) is 0 Å². The Morgan fingerprint density at radius 3 is 2.51 bits per heavy atom. The van der Waals surface area contributed by atoms with Crippen molar-refractivity contribution in [2.45, 2.75) is 6.92 Å². The number of rotatable bonds is 6. The number of barbiturate groups is 1. The Hall–Kier alpha value is -4.24. The van der Waals surface area contributed by atoms with Gasteiger partial charge in [0.05, 0.1) is 10.2 Å². The van der Waals surface area contributed by atoms with Gasteiger partial charge in [-0.1, -0.05) is 36.4 Å². The van der Waals surface area contributed by atoms with E-state index in [0.717, 1.165) is 10.5 Å². The monoisotopic (exact) mass is 533 g/mol. The minimum atomic E-state index is -0.808. The smallest absolute Gasteiger partial charge is 0.335 e. The van der Waals surface area contributed by atoms with Gasteiger partial charge in [0.1, 0.15) is 11.3 Å². The molecule has 2 N–H and O–H groups in total. The van der Waals surface area contributed by atoms with Crippen molar-refractivity contribution >= 4 is 57.1 Å². The number of imide groups is 2. The second-order valence-corrected chi connectivity index (χ2v) is 8.54. The molecule has 0 aromatic heterocycles. The van der Waals surface area contributed by atoms with Crippen LogP contribution in [0.4, 0.5) is 16.2 Å². The zero-order valence-corrected chi connectivity index (χ0v) is 20.2. The quantitative estimate of drug-likeness (QED) is 0.360. The third-order valence-corrected chi connectivity index (χ3v) is 5.66. The van der Waals surface area contributed by atoms with Crippen LogP contribution in [0.25, 0.3) is 6.08 Å². The normalized spacial score (nSPS) is 14.6. The highest BCUT2D eigenvalue weighted by molar-refractivity contribution is 9.10. The SMILES string of the molecule is Cc1cccc(NC(=O)COc2ccc(/C=C3\C(=O)NC(=O)N(c4ccccc4)C3=O)cc2Br)c1. The fraction of sp³-hybridized carbons (Fsp3) is 0.0769. The Kier molecular flexibility index (Phi) is 7.07. The van der Waals surface area contributed by atoms with Gasteiger partial charge in [-0.3, -0.25) is 19.7 Å². The molecule has 4 rings (SSSR count). The van der Waals surface area contributed by atoms with Crippen LogP contribution in [0.5, 0.6) is 5.75 Å². The number of hydrogen-bond donors (Lipinski definition) is 2. The molecule has 5 amide bonds. The van der Waals surface area contributed by atoms with Gasteiger partial charge >= 0.3 is 6.03 Å². The topological polar surface area (TPSA) is 105 Å². The minimum absolute atomic E-state index is 0.188. The molecule has 0 spiro atoms. The number of benzene rings is 3. The van der Waals surface area contributed by atoms with Gasteiger partial charge < -0.3 is 10.1 Å². The fourth-order valence-electron chi connectivity index (χ4n) is 3.42. The maximum Gasteiger partial charge on any atom is 0.335 e. The molecule has 0 unspecified atom stereocenters. The predicted octanol–water partition coefficient (Wildman–Crippen LogP) is 4.44. The number of hydrogen-bond acceptors (Lipinski definition) is 5. The van der Waals surface area contributed by atoms with Gasteiger partial charge in [0.15, 0.2) is 6.61 Å². The maximum absolute atomic E-state index is 12.9. The summed E-state index contributed by atoms with van der Waals surface area (Å²) >= 11 is 3.39. The van der Waals surface area contributed by atoms with Gasteiger partial charge in [-0.15, -0.1) is 0 Å². The molecular weight excluding hydrogens is 514 g/mol. The maximum atomic E-state index is 12.9. The molecule has 35 heavy (non-hydrogen) atoms. The molecule has 1 saturated heterocycles. The first-order valence-electron chi connectivity index (χ1n) is 10.6. The highest BCUT2D eigenvalue weighted by Gasteiger charge is 2.36. The largest absolute Gasteiger partial charge is 0.483 e. The molecule has 3 aromatic rings. The van der Waals surface area contributed by atoms with E-state index in [-0.39, 0.29) is 18.1 Å². The number of halogens is 1. The van der Waals surface area contributed by atoms with E-state index in [9.17, 15) is 19.2 Å². The van der Waals surface area contributed by atoms with E-state index in [1.165, 1.54) is 6.08 Å². The molecule has 1 fully saturated rings. The van der Waals surface area contributed by atoms with Crippen LogP contribution in [0.2, 0.25) is 0 Å². The first-order chi connectivity index (χ1) is 16.8. The summed E-state index contributed by atoms with van der Waals surface area (Å²) in [5, 5.41) is 4.95. The van der Waals surface area contributed by atoms with E-state index in [4.69, 9.17) is 4.74 Å². The summed E-state index contributed by atoms with van der Waals surface area (Å²) in [6, 6.07) is 19.8. The zero-order chi connectivity index (χ0) is 24.9. The number of carbonyl (C=O) groups excluding carboxylic acids is 4. The highest BCUT2D eigenvalue weighted by atomic mass is 79.9. The molecule has 8 nitrogen and oxygen atoms in total. The molecule has 0 bridgehead atoms. The van der Waals surface area contributed by atoms with Crippen molar-refractivity contribution in [2.75, 3.05) is 16.8 Å². The highest BCUT2D eigenvalue weighted by Crippen LogP contribution is 2.28. The number of nitrogens with zero attached hydrogens (tertiary/aromatic N) is 1. The number of nitrogens with one attached hydrogen (secondary N) is 2. The van der Waals surface area contributed by atoms with Crippen molar-refractivity contribution in [1.29, 1.82) is 0 Å². The summed E-state index contributed by atoms with van der Waals surface area (Å²) < 4.78 is 6.12. The number of amides is 5. The second-order valence-electron chi connectivity index (χ2n) is 7.69. The lowest BCUT2D eigenvalue weighted by Crippen LogP contribution is -2.54. The molecule has 1 aliphatic rings. The third kappa shape index (κ3) is 5.64. The van der Waals surface area contributed by atoms with Crippen LogP contribution in [-0.2, 0) is 14.4 Å². The number of aryl methyl sites for hydroxylation is 1. The Bertz CT molecular complexity index is 1350. The van der Waals surface area contributed by atoms with Crippen LogP contribution < -0.4 is 20.3 Å². The summed E-state index contributed by atoms with van der Waals surface area (Å²) in [6.45, 7) is 1.73. The van der Waals surface area contributed by atoms with E-state index in [0.29, 0.717) is 27.2 Å². The number of ether oxygens (including phenoxy) is 1. The lowest BCUT2D eigenvalue weighted by Gasteiger charge is -2.26. The molecular formula is C26H20BrN3O5. The van der Waals surface area contributed by atoms with E-state index in [2.05, 4.69) is 26.6 Å². The fourth-order valence-corrected chi connectivity index (χ4v) is 3.93. The van der Waals surface area contributed by atoms with Gasteiger partial charge in [-0.2, -0.15) is 0 Å². The lowest BCUT2D eigenvalue weighted by atomic mass is 10.1. The predicted molar refractivity (Wildman–Crippen MR) is 135 cm³/mol. The summed E-state index contributed by atoms with van der Waals surface area (Å²) in [7, 11) is 0.